The van der Waals surface area contributed by atoms with Crippen molar-refractivity contribution in [2.24, 2.45) is 11.3 Å². The molecule has 0 atom stereocenters. The summed E-state index contributed by atoms with van der Waals surface area (Å²) in [4.78, 5) is 17.0. The first-order chi connectivity index (χ1) is 9.63. The Hall–Kier alpha value is -1.30. The van der Waals surface area contributed by atoms with Gasteiger partial charge in [-0.25, -0.2) is 4.98 Å². The summed E-state index contributed by atoms with van der Waals surface area (Å²) in [5.74, 6) is 0.784. The van der Waals surface area contributed by atoms with Crippen molar-refractivity contribution in [2.75, 3.05) is 17.6 Å². The molecule has 5 nitrogen and oxygen atoms in total. The van der Waals surface area contributed by atoms with Gasteiger partial charge in [0, 0.05) is 12.1 Å². The lowest BCUT2D eigenvalue weighted by Gasteiger charge is -2.20. The Kier molecular flexibility index (Phi) is 4.19. The van der Waals surface area contributed by atoms with Crippen molar-refractivity contribution < 1.29 is 4.79 Å². The van der Waals surface area contributed by atoms with Crippen LogP contribution in [-0.2, 0) is 0 Å². The van der Waals surface area contributed by atoms with Gasteiger partial charge in [0.1, 0.15) is 10.7 Å². The van der Waals surface area contributed by atoms with Crippen LogP contribution in [0.2, 0.25) is 0 Å². The van der Waals surface area contributed by atoms with E-state index in [-0.39, 0.29) is 11.4 Å². The number of anilines is 2. The predicted octanol–water partition coefficient (Wildman–Crippen LogP) is 3.10. The van der Waals surface area contributed by atoms with Crippen molar-refractivity contribution in [3.63, 3.8) is 0 Å². The SMILES string of the molecule is CC(C)C1(CNC(=O)c2sc(NC(C)(C)C)nc2N)CC1. The molecule has 118 valence electrons. The van der Waals surface area contributed by atoms with Gasteiger partial charge in [0.15, 0.2) is 5.13 Å². The maximum Gasteiger partial charge on any atom is 0.265 e. The second-order valence-corrected chi connectivity index (χ2v) is 8.31. The number of carbonyl (C=O) groups excluding carboxylic acids is 1. The van der Waals surface area contributed by atoms with Gasteiger partial charge in [-0.2, -0.15) is 0 Å². The topological polar surface area (TPSA) is 80.0 Å². The van der Waals surface area contributed by atoms with E-state index < -0.39 is 0 Å². The zero-order valence-electron chi connectivity index (χ0n) is 13.5. The molecule has 0 unspecified atom stereocenters. The molecule has 1 aliphatic carbocycles. The monoisotopic (exact) mass is 310 g/mol. The van der Waals surface area contributed by atoms with Gasteiger partial charge in [0.25, 0.3) is 5.91 Å². The molecule has 0 radical (unpaired) electrons. The van der Waals surface area contributed by atoms with Crippen LogP contribution in [0.1, 0.15) is 57.1 Å². The third-order valence-electron chi connectivity index (χ3n) is 4.06. The first kappa shape index (κ1) is 16.1. The van der Waals surface area contributed by atoms with E-state index in [4.69, 9.17) is 5.73 Å². The number of aromatic nitrogens is 1. The molecule has 0 aliphatic heterocycles. The van der Waals surface area contributed by atoms with Gasteiger partial charge in [0.05, 0.1) is 0 Å². The van der Waals surface area contributed by atoms with Crippen LogP contribution in [-0.4, -0.2) is 23.0 Å². The Morgan fingerprint density at radius 2 is 2.05 bits per heavy atom. The molecule has 1 aromatic rings. The highest BCUT2D eigenvalue weighted by Crippen LogP contribution is 2.51. The number of hydrogen-bond acceptors (Lipinski definition) is 5. The lowest BCUT2D eigenvalue weighted by atomic mass is 9.92. The fourth-order valence-electron chi connectivity index (χ4n) is 2.32. The van der Waals surface area contributed by atoms with Crippen molar-refractivity contribution in [3.05, 3.63) is 4.88 Å². The molecule has 0 aromatic carbocycles. The first-order valence-corrected chi connectivity index (χ1v) is 8.27. The lowest BCUT2D eigenvalue weighted by molar-refractivity contribution is 0.0944. The summed E-state index contributed by atoms with van der Waals surface area (Å²) in [5, 5.41) is 6.96. The number of nitrogens with one attached hydrogen (secondary N) is 2. The number of hydrogen-bond donors (Lipinski definition) is 3. The second-order valence-electron chi connectivity index (χ2n) is 7.31. The van der Waals surface area contributed by atoms with Crippen LogP contribution in [0.5, 0.6) is 0 Å². The number of thiazole rings is 1. The fourth-order valence-corrected chi connectivity index (χ4v) is 3.33. The van der Waals surface area contributed by atoms with Gasteiger partial charge in [-0.15, -0.1) is 0 Å². The number of rotatable bonds is 5. The normalized spacial score (nSPS) is 16.9. The highest BCUT2D eigenvalue weighted by atomic mass is 32.1. The standard InChI is InChI=1S/C15H26N4OS/c1-9(2)15(6-7-15)8-17-12(20)10-11(16)18-13(21-10)19-14(3,4)5/h9H,6-8,16H2,1-5H3,(H,17,20)(H,18,19). The van der Waals surface area contributed by atoms with E-state index in [1.54, 1.807) is 0 Å². The summed E-state index contributed by atoms with van der Waals surface area (Å²) in [6, 6.07) is 0. The molecule has 1 aromatic heterocycles. The Morgan fingerprint density at radius 3 is 2.52 bits per heavy atom. The summed E-state index contributed by atoms with van der Waals surface area (Å²) in [6.45, 7) is 11.3. The number of carbonyl (C=O) groups is 1. The Balaban J connectivity index is 2.00. The zero-order valence-corrected chi connectivity index (χ0v) is 14.4. The minimum Gasteiger partial charge on any atom is -0.382 e. The third-order valence-corrected chi connectivity index (χ3v) is 5.04. The molecule has 6 heteroatoms. The van der Waals surface area contributed by atoms with Gasteiger partial charge in [-0.05, 0) is 44.9 Å². The van der Waals surface area contributed by atoms with Crippen LogP contribution in [0, 0.1) is 11.3 Å². The average Bonchev–Trinajstić information content (AvgIpc) is 3.04. The van der Waals surface area contributed by atoms with E-state index in [0.29, 0.717) is 27.2 Å². The zero-order chi connectivity index (χ0) is 15.8. The van der Waals surface area contributed by atoms with E-state index >= 15 is 0 Å². The molecule has 1 fully saturated rings. The molecule has 2 rings (SSSR count). The molecular weight excluding hydrogens is 284 g/mol. The van der Waals surface area contributed by atoms with E-state index in [1.165, 1.54) is 24.2 Å². The highest BCUT2D eigenvalue weighted by molar-refractivity contribution is 7.18. The molecule has 0 spiro atoms. The highest BCUT2D eigenvalue weighted by Gasteiger charge is 2.45. The maximum atomic E-state index is 12.3. The molecule has 0 saturated heterocycles. The molecule has 0 bridgehead atoms. The number of nitrogens with zero attached hydrogens (tertiary/aromatic N) is 1. The molecule has 21 heavy (non-hydrogen) atoms. The van der Waals surface area contributed by atoms with Crippen LogP contribution >= 0.6 is 11.3 Å². The minimum atomic E-state index is -0.112. The van der Waals surface area contributed by atoms with Crippen molar-refractivity contribution in [2.45, 2.75) is 53.0 Å². The summed E-state index contributed by atoms with van der Waals surface area (Å²) < 4.78 is 0. The van der Waals surface area contributed by atoms with Crippen LogP contribution in [0.4, 0.5) is 10.9 Å². The first-order valence-electron chi connectivity index (χ1n) is 7.46. The average molecular weight is 310 g/mol. The van der Waals surface area contributed by atoms with E-state index in [0.717, 1.165) is 6.54 Å². The molecule has 1 amide bonds. The van der Waals surface area contributed by atoms with E-state index in [1.807, 2.05) is 20.8 Å². The molecule has 1 heterocycles. The molecule has 4 N–H and O–H groups in total. The molecular formula is C15H26N4OS. The van der Waals surface area contributed by atoms with Crippen LogP contribution in [0.15, 0.2) is 0 Å². The number of amides is 1. The number of nitrogens with two attached hydrogens (primary N) is 1. The Morgan fingerprint density at radius 1 is 1.43 bits per heavy atom. The quantitative estimate of drug-likeness (QED) is 0.780. The van der Waals surface area contributed by atoms with Gasteiger partial charge in [-0.1, -0.05) is 25.2 Å². The van der Waals surface area contributed by atoms with Gasteiger partial charge < -0.3 is 16.4 Å². The summed E-state index contributed by atoms with van der Waals surface area (Å²) in [7, 11) is 0. The van der Waals surface area contributed by atoms with E-state index in [2.05, 4.69) is 29.5 Å². The van der Waals surface area contributed by atoms with Gasteiger partial charge in [0.2, 0.25) is 0 Å². The lowest BCUT2D eigenvalue weighted by Crippen LogP contribution is -2.32. The summed E-state index contributed by atoms with van der Waals surface area (Å²) in [5.41, 5.74) is 6.06. The second kappa shape index (κ2) is 5.48. The van der Waals surface area contributed by atoms with Gasteiger partial charge >= 0.3 is 0 Å². The van der Waals surface area contributed by atoms with Gasteiger partial charge in [-0.3, -0.25) is 4.79 Å². The smallest absolute Gasteiger partial charge is 0.265 e. The van der Waals surface area contributed by atoms with Crippen molar-refractivity contribution >= 4 is 28.2 Å². The maximum absolute atomic E-state index is 12.3. The third kappa shape index (κ3) is 3.87. The van der Waals surface area contributed by atoms with Crippen LogP contribution < -0.4 is 16.4 Å². The Labute approximate surface area is 130 Å². The van der Waals surface area contributed by atoms with E-state index in [9.17, 15) is 4.79 Å². The molecule has 1 saturated carbocycles. The summed E-state index contributed by atoms with van der Waals surface area (Å²) >= 11 is 1.31. The Bertz CT molecular complexity index is 526. The van der Waals surface area contributed by atoms with Crippen molar-refractivity contribution in [3.8, 4) is 0 Å². The fraction of sp³-hybridized carbons (Fsp3) is 0.733. The predicted molar refractivity (Wildman–Crippen MR) is 88.7 cm³/mol. The summed E-state index contributed by atoms with van der Waals surface area (Å²) in [6.07, 6.45) is 2.39. The minimum absolute atomic E-state index is 0.103. The van der Waals surface area contributed by atoms with Crippen LogP contribution in [0.25, 0.3) is 0 Å². The van der Waals surface area contributed by atoms with Crippen molar-refractivity contribution in [1.82, 2.24) is 10.3 Å². The largest absolute Gasteiger partial charge is 0.382 e. The van der Waals surface area contributed by atoms with Crippen LogP contribution in [0.3, 0.4) is 0 Å². The number of nitrogen functional groups attached to an aromatic ring is 1. The molecule has 1 aliphatic rings. The van der Waals surface area contributed by atoms with Crippen molar-refractivity contribution in [1.29, 1.82) is 0 Å².